The van der Waals surface area contributed by atoms with Crippen molar-refractivity contribution in [2.75, 3.05) is 13.2 Å². The van der Waals surface area contributed by atoms with Gasteiger partial charge in [-0.3, -0.25) is 25.4 Å². The van der Waals surface area contributed by atoms with Gasteiger partial charge in [0.2, 0.25) is 5.91 Å². The summed E-state index contributed by atoms with van der Waals surface area (Å²) in [5.41, 5.74) is 7.05. The minimum Gasteiger partial charge on any atom is -0.493 e. The molecule has 2 amide bonds. The third kappa shape index (κ3) is 8.19. The number of aromatic nitrogens is 1. The second kappa shape index (κ2) is 13.2. The third-order valence-electron chi connectivity index (χ3n) is 4.91. The number of pyridine rings is 1. The molecule has 2 N–H and O–H groups in total. The van der Waals surface area contributed by atoms with E-state index in [1.807, 2.05) is 32.0 Å². The average Bonchev–Trinajstić information content (AvgIpc) is 2.86. The molecule has 35 heavy (non-hydrogen) atoms. The molecule has 3 rings (SSSR count). The summed E-state index contributed by atoms with van der Waals surface area (Å²) >= 11 is 5.94. The molecule has 0 bridgehead atoms. The van der Waals surface area contributed by atoms with Crippen LogP contribution in [-0.4, -0.2) is 30.0 Å². The molecule has 0 fully saturated rings. The van der Waals surface area contributed by atoms with E-state index < -0.39 is 5.91 Å². The monoisotopic (exact) mass is 497 g/mol. The van der Waals surface area contributed by atoms with Gasteiger partial charge in [0.15, 0.2) is 11.5 Å². The zero-order valence-electron chi connectivity index (χ0n) is 19.7. The van der Waals surface area contributed by atoms with E-state index >= 15 is 0 Å². The van der Waals surface area contributed by atoms with Gasteiger partial charge in [0.25, 0.3) is 5.91 Å². The number of amides is 2. The molecule has 0 radical (unpaired) electrons. The summed E-state index contributed by atoms with van der Waals surface area (Å²) in [6.07, 6.45) is 4.07. The molecule has 3 aromatic rings. The van der Waals surface area contributed by atoms with Crippen LogP contribution in [0.3, 0.4) is 0 Å². The van der Waals surface area contributed by atoms with Crippen LogP contribution in [0.15, 0.2) is 60.9 Å². The van der Waals surface area contributed by atoms with Crippen LogP contribution < -0.4 is 25.1 Å². The molecule has 1 heterocycles. The lowest BCUT2D eigenvalue weighted by Gasteiger charge is -2.14. The molecule has 0 atom stereocenters. The van der Waals surface area contributed by atoms with E-state index in [1.54, 1.807) is 42.7 Å². The predicted molar refractivity (Wildman–Crippen MR) is 133 cm³/mol. The fourth-order valence-electron chi connectivity index (χ4n) is 3.13. The van der Waals surface area contributed by atoms with Crippen molar-refractivity contribution in [1.29, 1.82) is 0 Å². The van der Waals surface area contributed by atoms with Gasteiger partial charge in [0.05, 0.1) is 13.2 Å². The van der Waals surface area contributed by atoms with Gasteiger partial charge in [-0.2, -0.15) is 0 Å². The number of nitrogens with zero attached hydrogens (tertiary/aromatic N) is 1. The SMILES string of the molecule is CCOc1cc(C(=O)NNC(=O)CCCOc2ccc(Cl)cc2C)ccc1OCc1ccncc1. The van der Waals surface area contributed by atoms with E-state index in [2.05, 4.69) is 15.8 Å². The topological polar surface area (TPSA) is 98.8 Å². The summed E-state index contributed by atoms with van der Waals surface area (Å²) < 4.78 is 17.1. The van der Waals surface area contributed by atoms with Gasteiger partial charge in [-0.15, -0.1) is 0 Å². The normalized spacial score (nSPS) is 10.4. The van der Waals surface area contributed by atoms with Crippen molar-refractivity contribution in [1.82, 2.24) is 15.8 Å². The number of ether oxygens (including phenoxy) is 3. The first-order valence-electron chi connectivity index (χ1n) is 11.2. The number of halogens is 1. The van der Waals surface area contributed by atoms with Crippen molar-refractivity contribution in [2.45, 2.75) is 33.3 Å². The second-order valence-corrected chi connectivity index (χ2v) is 8.04. The maximum absolute atomic E-state index is 12.5. The first-order valence-corrected chi connectivity index (χ1v) is 11.6. The number of hydrogen-bond donors (Lipinski definition) is 2. The molecule has 8 nitrogen and oxygen atoms in total. The van der Waals surface area contributed by atoms with Crippen LogP contribution in [0.2, 0.25) is 5.02 Å². The largest absolute Gasteiger partial charge is 0.493 e. The van der Waals surface area contributed by atoms with Gasteiger partial charge >= 0.3 is 0 Å². The molecule has 184 valence electrons. The Kier molecular flexibility index (Phi) is 9.74. The molecule has 9 heteroatoms. The first kappa shape index (κ1) is 25.8. The van der Waals surface area contributed by atoms with Crippen LogP contribution in [0.5, 0.6) is 17.2 Å². The van der Waals surface area contributed by atoms with Crippen molar-refractivity contribution in [3.8, 4) is 17.2 Å². The molecule has 0 spiro atoms. The Bertz CT molecular complexity index is 1140. The lowest BCUT2D eigenvalue weighted by molar-refractivity contribution is -0.122. The molecule has 0 saturated heterocycles. The van der Waals surface area contributed by atoms with E-state index in [-0.39, 0.29) is 12.3 Å². The predicted octanol–water partition coefficient (Wildman–Crippen LogP) is 4.64. The molecule has 0 unspecified atom stereocenters. The fraction of sp³-hybridized carbons (Fsp3) is 0.269. The summed E-state index contributed by atoms with van der Waals surface area (Å²) in [5, 5.41) is 0.644. The maximum atomic E-state index is 12.5. The van der Waals surface area contributed by atoms with Crippen LogP contribution in [-0.2, 0) is 11.4 Å². The number of hydrazine groups is 1. The van der Waals surface area contributed by atoms with Crippen molar-refractivity contribution in [3.63, 3.8) is 0 Å². The number of hydrogen-bond acceptors (Lipinski definition) is 6. The van der Waals surface area contributed by atoms with Crippen LogP contribution in [0.4, 0.5) is 0 Å². The zero-order chi connectivity index (χ0) is 25.0. The molecular formula is C26H28ClN3O5. The van der Waals surface area contributed by atoms with Crippen LogP contribution in [0.25, 0.3) is 0 Å². The van der Waals surface area contributed by atoms with E-state index in [1.165, 1.54) is 0 Å². The molecule has 1 aromatic heterocycles. The van der Waals surface area contributed by atoms with Gasteiger partial charge in [-0.1, -0.05) is 11.6 Å². The van der Waals surface area contributed by atoms with Crippen molar-refractivity contribution in [2.24, 2.45) is 0 Å². The van der Waals surface area contributed by atoms with Gasteiger partial charge < -0.3 is 14.2 Å². The number of benzene rings is 2. The van der Waals surface area contributed by atoms with E-state index in [0.29, 0.717) is 48.3 Å². The fourth-order valence-corrected chi connectivity index (χ4v) is 3.35. The van der Waals surface area contributed by atoms with E-state index in [4.69, 9.17) is 25.8 Å². The van der Waals surface area contributed by atoms with Crippen molar-refractivity contribution >= 4 is 23.4 Å². The number of carbonyl (C=O) groups is 2. The Morgan fingerprint density at radius 3 is 2.43 bits per heavy atom. The van der Waals surface area contributed by atoms with Gasteiger partial charge in [-0.25, -0.2) is 0 Å². The summed E-state index contributed by atoms with van der Waals surface area (Å²) in [5.74, 6) is 0.891. The van der Waals surface area contributed by atoms with Crippen LogP contribution >= 0.6 is 11.6 Å². The minimum absolute atomic E-state index is 0.193. The lowest BCUT2D eigenvalue weighted by Crippen LogP contribution is -2.41. The summed E-state index contributed by atoms with van der Waals surface area (Å²) in [6, 6.07) is 13.9. The van der Waals surface area contributed by atoms with Gasteiger partial charge in [0.1, 0.15) is 12.4 Å². The van der Waals surface area contributed by atoms with Gasteiger partial charge in [0, 0.05) is 29.4 Å². The molecule has 2 aromatic carbocycles. The Morgan fingerprint density at radius 2 is 1.69 bits per heavy atom. The van der Waals surface area contributed by atoms with Crippen molar-refractivity contribution in [3.05, 3.63) is 82.6 Å². The average molecular weight is 498 g/mol. The van der Waals surface area contributed by atoms with Crippen molar-refractivity contribution < 1.29 is 23.8 Å². The van der Waals surface area contributed by atoms with E-state index in [9.17, 15) is 9.59 Å². The second-order valence-electron chi connectivity index (χ2n) is 7.60. The smallest absolute Gasteiger partial charge is 0.269 e. The molecule has 0 aliphatic heterocycles. The Morgan fingerprint density at radius 1 is 0.914 bits per heavy atom. The highest BCUT2D eigenvalue weighted by Crippen LogP contribution is 2.29. The Hall–Kier alpha value is -3.78. The minimum atomic E-state index is -0.465. The molecule has 0 saturated carbocycles. The highest BCUT2D eigenvalue weighted by atomic mass is 35.5. The highest BCUT2D eigenvalue weighted by molar-refractivity contribution is 6.30. The molecular weight excluding hydrogens is 470 g/mol. The number of rotatable bonds is 11. The third-order valence-corrected chi connectivity index (χ3v) is 5.14. The first-order chi connectivity index (χ1) is 17.0. The quantitative estimate of drug-likeness (QED) is 0.296. The van der Waals surface area contributed by atoms with Crippen LogP contribution in [0.1, 0.15) is 41.3 Å². The van der Waals surface area contributed by atoms with E-state index in [0.717, 1.165) is 16.9 Å². The molecule has 0 aliphatic carbocycles. The summed E-state index contributed by atoms with van der Waals surface area (Å²) in [6.45, 7) is 4.86. The standard InChI is InChI=1S/C26H28ClN3O5/c1-3-33-24-16-20(6-8-23(24)35-17-19-10-12-28-13-11-19)26(32)30-29-25(31)5-4-14-34-22-9-7-21(27)15-18(22)2/h6-13,15-16H,3-5,14,17H2,1-2H3,(H,29,31)(H,30,32). The zero-order valence-corrected chi connectivity index (χ0v) is 20.4. The maximum Gasteiger partial charge on any atom is 0.269 e. The molecule has 0 aliphatic rings. The van der Waals surface area contributed by atoms with Crippen LogP contribution in [0, 0.1) is 6.92 Å². The summed E-state index contributed by atoms with van der Waals surface area (Å²) in [7, 11) is 0. The Balaban J connectivity index is 1.45. The number of carbonyl (C=O) groups excluding carboxylic acids is 2. The Labute approximate surface area is 209 Å². The lowest BCUT2D eigenvalue weighted by atomic mass is 10.2. The number of aryl methyl sites for hydroxylation is 1. The van der Waals surface area contributed by atoms with Gasteiger partial charge in [-0.05, 0) is 79.9 Å². The summed E-state index contributed by atoms with van der Waals surface area (Å²) in [4.78, 5) is 28.6. The number of nitrogens with one attached hydrogen (secondary N) is 2. The highest BCUT2D eigenvalue weighted by Gasteiger charge is 2.13.